The van der Waals surface area contributed by atoms with Crippen LogP contribution < -0.4 is 14.4 Å². The summed E-state index contributed by atoms with van der Waals surface area (Å²) in [7, 11) is 3.12. The Hall–Kier alpha value is -3.22. The highest BCUT2D eigenvalue weighted by Crippen LogP contribution is 2.49. The molecule has 1 N–H and O–H groups in total. The third kappa shape index (κ3) is 3.79. The zero-order valence-electron chi connectivity index (χ0n) is 18.2. The molecule has 170 valence electrons. The highest BCUT2D eigenvalue weighted by atomic mass is 35.5. The molecule has 8 heteroatoms. The van der Waals surface area contributed by atoms with Crippen LogP contribution >= 0.6 is 23.2 Å². The van der Waals surface area contributed by atoms with Crippen molar-refractivity contribution in [3.05, 3.63) is 86.9 Å². The van der Waals surface area contributed by atoms with Gasteiger partial charge in [-0.05, 0) is 66.6 Å². The summed E-state index contributed by atoms with van der Waals surface area (Å²) in [6.07, 6.45) is 0. The number of carboxylic acids is 1. The Kier molecular flexibility index (Phi) is 5.99. The van der Waals surface area contributed by atoms with Crippen molar-refractivity contribution in [3.8, 4) is 11.5 Å². The van der Waals surface area contributed by atoms with Crippen LogP contribution in [0.15, 0.2) is 54.6 Å². The maximum atomic E-state index is 14.0. The summed E-state index contributed by atoms with van der Waals surface area (Å²) in [6.45, 7) is 1.97. The van der Waals surface area contributed by atoms with Crippen molar-refractivity contribution in [2.75, 3.05) is 19.1 Å². The Bertz CT molecular complexity index is 1280. The number of nitrogens with zero attached hydrogens (tertiary/aromatic N) is 1. The molecule has 0 aromatic heterocycles. The summed E-state index contributed by atoms with van der Waals surface area (Å²) in [5.74, 6) is -0.134. The number of benzene rings is 3. The largest absolute Gasteiger partial charge is 0.497 e. The summed E-state index contributed by atoms with van der Waals surface area (Å²) < 4.78 is 10.8. The number of fused-ring (bicyclic) bond motifs is 1. The van der Waals surface area contributed by atoms with Gasteiger partial charge in [0.1, 0.15) is 16.9 Å². The van der Waals surface area contributed by atoms with Gasteiger partial charge in [-0.15, -0.1) is 0 Å². The van der Waals surface area contributed by atoms with Crippen LogP contribution in [0.5, 0.6) is 11.5 Å². The molecular weight excluding hydrogens is 465 g/mol. The molecule has 0 unspecified atom stereocenters. The lowest BCUT2D eigenvalue weighted by atomic mass is 9.76. The molecule has 3 aromatic rings. The van der Waals surface area contributed by atoms with Gasteiger partial charge >= 0.3 is 5.97 Å². The number of carbonyl (C=O) groups is 2. The van der Waals surface area contributed by atoms with Crippen molar-refractivity contribution in [2.24, 2.45) is 0 Å². The zero-order chi connectivity index (χ0) is 23.9. The predicted octanol–water partition coefficient (Wildman–Crippen LogP) is 5.56. The SMILES string of the molecule is COc1ccc(CN2C(=O)[C@](C)(c3cc(C(=O)O)ccc3Cl)c3cc(Cl)ccc32)c(OC)c1. The number of carbonyl (C=O) groups excluding carboxylic acids is 1. The van der Waals surface area contributed by atoms with Gasteiger partial charge in [-0.3, -0.25) is 4.79 Å². The average molecular weight is 486 g/mol. The van der Waals surface area contributed by atoms with E-state index in [4.69, 9.17) is 32.7 Å². The molecule has 0 radical (unpaired) electrons. The Morgan fingerprint density at radius 3 is 2.42 bits per heavy atom. The molecule has 1 aliphatic heterocycles. The standard InChI is InChI=1S/C25H21Cl2NO5/c1-25(18-10-14(23(29)30)5-8-20(18)27)19-11-16(26)6-9-21(19)28(24(25)31)13-15-4-7-17(32-2)12-22(15)33-3/h4-12H,13H2,1-3H3,(H,29,30)/t25-/m1/s1. The van der Waals surface area contributed by atoms with E-state index in [2.05, 4.69) is 0 Å². The van der Waals surface area contributed by atoms with Crippen LogP contribution in [0.4, 0.5) is 5.69 Å². The fourth-order valence-corrected chi connectivity index (χ4v) is 4.73. The van der Waals surface area contributed by atoms with Gasteiger partial charge in [0.15, 0.2) is 0 Å². The zero-order valence-corrected chi connectivity index (χ0v) is 19.7. The van der Waals surface area contributed by atoms with Crippen molar-refractivity contribution in [3.63, 3.8) is 0 Å². The van der Waals surface area contributed by atoms with Crippen molar-refractivity contribution in [1.82, 2.24) is 0 Å². The van der Waals surface area contributed by atoms with E-state index >= 15 is 0 Å². The molecule has 3 aromatic carbocycles. The Balaban J connectivity index is 1.87. The monoisotopic (exact) mass is 485 g/mol. The highest BCUT2D eigenvalue weighted by molar-refractivity contribution is 6.33. The first-order chi connectivity index (χ1) is 15.7. The Morgan fingerprint density at radius 2 is 1.76 bits per heavy atom. The molecule has 33 heavy (non-hydrogen) atoms. The number of hydrogen-bond acceptors (Lipinski definition) is 4. The van der Waals surface area contributed by atoms with E-state index in [0.29, 0.717) is 38.4 Å². The summed E-state index contributed by atoms with van der Waals surface area (Å²) >= 11 is 12.8. The molecule has 0 saturated carbocycles. The van der Waals surface area contributed by atoms with Crippen molar-refractivity contribution < 1.29 is 24.2 Å². The number of anilines is 1. The van der Waals surface area contributed by atoms with Crippen molar-refractivity contribution in [1.29, 1.82) is 0 Å². The van der Waals surface area contributed by atoms with Gasteiger partial charge in [-0.1, -0.05) is 23.2 Å². The smallest absolute Gasteiger partial charge is 0.335 e. The van der Waals surface area contributed by atoms with Gasteiger partial charge in [0.2, 0.25) is 5.91 Å². The van der Waals surface area contributed by atoms with Crippen LogP contribution in [0.2, 0.25) is 10.0 Å². The quantitative estimate of drug-likeness (QED) is 0.494. The van der Waals surface area contributed by atoms with E-state index in [1.54, 1.807) is 56.4 Å². The minimum absolute atomic E-state index is 0.0438. The van der Waals surface area contributed by atoms with E-state index in [1.807, 2.05) is 6.07 Å². The molecule has 1 heterocycles. The second-order valence-corrected chi connectivity index (χ2v) is 8.70. The van der Waals surface area contributed by atoms with Gasteiger partial charge in [0.05, 0.1) is 26.3 Å². The third-order valence-electron chi connectivity index (χ3n) is 6.04. The van der Waals surface area contributed by atoms with Gasteiger partial charge in [0.25, 0.3) is 0 Å². The second-order valence-electron chi connectivity index (χ2n) is 7.86. The molecule has 0 bridgehead atoms. The van der Waals surface area contributed by atoms with E-state index in [1.165, 1.54) is 18.2 Å². The lowest BCUT2D eigenvalue weighted by molar-refractivity contribution is -0.121. The van der Waals surface area contributed by atoms with Crippen LogP contribution in [0.3, 0.4) is 0 Å². The van der Waals surface area contributed by atoms with Crippen molar-refractivity contribution >= 4 is 40.8 Å². The van der Waals surface area contributed by atoms with Crippen molar-refractivity contribution in [2.45, 2.75) is 18.9 Å². The first-order valence-electron chi connectivity index (χ1n) is 10.1. The molecule has 4 rings (SSSR count). The lowest BCUT2D eigenvalue weighted by Crippen LogP contribution is -2.39. The number of ether oxygens (including phenoxy) is 2. The molecule has 1 aliphatic rings. The lowest BCUT2D eigenvalue weighted by Gasteiger charge is -2.27. The predicted molar refractivity (Wildman–Crippen MR) is 127 cm³/mol. The highest BCUT2D eigenvalue weighted by Gasteiger charge is 2.50. The second kappa shape index (κ2) is 8.61. The van der Waals surface area contributed by atoms with Crippen LogP contribution in [0, 0.1) is 0 Å². The molecular formula is C25H21Cl2NO5. The summed E-state index contributed by atoms with van der Waals surface area (Å²) in [4.78, 5) is 27.2. The van der Waals surface area contributed by atoms with Gasteiger partial charge < -0.3 is 19.5 Å². The first kappa shape index (κ1) is 23.0. The number of methoxy groups -OCH3 is 2. The summed E-state index contributed by atoms with van der Waals surface area (Å²) in [5.41, 5.74) is 1.31. The summed E-state index contributed by atoms with van der Waals surface area (Å²) in [5, 5.41) is 10.3. The first-order valence-corrected chi connectivity index (χ1v) is 10.8. The number of aromatic carboxylic acids is 1. The fraction of sp³-hybridized carbons (Fsp3) is 0.200. The molecule has 1 amide bonds. The number of hydrogen-bond donors (Lipinski definition) is 1. The fourth-order valence-electron chi connectivity index (χ4n) is 4.25. The van der Waals surface area contributed by atoms with Gasteiger partial charge in [0, 0.05) is 27.4 Å². The number of rotatable bonds is 6. The normalized spacial score (nSPS) is 17.1. The molecule has 1 atom stereocenters. The summed E-state index contributed by atoms with van der Waals surface area (Å²) in [6, 6.07) is 15.0. The van der Waals surface area contributed by atoms with Crippen LogP contribution in [-0.4, -0.2) is 31.2 Å². The number of carboxylic acid groups (broad SMARTS) is 1. The Morgan fingerprint density at radius 1 is 1.00 bits per heavy atom. The molecule has 6 nitrogen and oxygen atoms in total. The molecule has 0 aliphatic carbocycles. The maximum Gasteiger partial charge on any atom is 0.335 e. The van der Waals surface area contributed by atoms with Crippen LogP contribution in [0.1, 0.15) is 34.0 Å². The van der Waals surface area contributed by atoms with E-state index in [9.17, 15) is 14.7 Å². The average Bonchev–Trinajstić information content (AvgIpc) is 3.01. The van der Waals surface area contributed by atoms with Crippen LogP contribution in [-0.2, 0) is 16.8 Å². The third-order valence-corrected chi connectivity index (χ3v) is 6.60. The van der Waals surface area contributed by atoms with Gasteiger partial charge in [-0.25, -0.2) is 4.79 Å². The van der Waals surface area contributed by atoms with Gasteiger partial charge in [-0.2, -0.15) is 0 Å². The number of amides is 1. The topological polar surface area (TPSA) is 76.1 Å². The Labute approximate surface area is 201 Å². The maximum absolute atomic E-state index is 14.0. The molecule has 0 spiro atoms. The van der Waals surface area contributed by atoms with E-state index in [-0.39, 0.29) is 18.0 Å². The van der Waals surface area contributed by atoms with Crippen LogP contribution in [0.25, 0.3) is 0 Å². The van der Waals surface area contributed by atoms with E-state index in [0.717, 1.165) is 5.56 Å². The molecule has 0 fully saturated rings. The molecule has 0 saturated heterocycles. The van der Waals surface area contributed by atoms with E-state index < -0.39 is 11.4 Å². The minimum atomic E-state index is -1.23. The number of halogens is 2. The minimum Gasteiger partial charge on any atom is -0.497 e.